The summed E-state index contributed by atoms with van der Waals surface area (Å²) in [7, 11) is 1.63. The first-order chi connectivity index (χ1) is 12.6. The number of hydrogen-bond donors (Lipinski definition) is 1. The van der Waals surface area contributed by atoms with Gasteiger partial charge in [0.2, 0.25) is 5.95 Å². The SMILES string of the molecule is COc1ccc(CNc2nc(-c3ccncc3)nn2C(=O)C(C)C)cc1. The molecule has 7 heteroatoms. The number of nitrogens with one attached hydrogen (secondary N) is 1. The van der Waals surface area contributed by atoms with E-state index in [-0.39, 0.29) is 11.8 Å². The van der Waals surface area contributed by atoms with Crippen LogP contribution in [0.5, 0.6) is 5.75 Å². The summed E-state index contributed by atoms with van der Waals surface area (Å²) in [6.45, 7) is 4.19. The monoisotopic (exact) mass is 351 g/mol. The van der Waals surface area contributed by atoms with E-state index in [0.29, 0.717) is 18.3 Å². The third-order valence-electron chi connectivity index (χ3n) is 3.86. The van der Waals surface area contributed by atoms with Crippen LogP contribution in [-0.2, 0) is 6.54 Å². The van der Waals surface area contributed by atoms with Crippen LogP contribution in [0.2, 0.25) is 0 Å². The number of methoxy groups -OCH3 is 1. The van der Waals surface area contributed by atoms with Crippen molar-refractivity contribution in [1.82, 2.24) is 19.7 Å². The summed E-state index contributed by atoms with van der Waals surface area (Å²) in [5.41, 5.74) is 1.85. The number of aromatic nitrogens is 4. The number of pyridine rings is 1. The average Bonchev–Trinajstić information content (AvgIpc) is 3.11. The van der Waals surface area contributed by atoms with Gasteiger partial charge in [-0.05, 0) is 29.8 Å². The van der Waals surface area contributed by atoms with Gasteiger partial charge < -0.3 is 10.1 Å². The molecule has 0 spiro atoms. The van der Waals surface area contributed by atoms with Crippen molar-refractivity contribution in [3.05, 3.63) is 54.4 Å². The third kappa shape index (κ3) is 3.88. The van der Waals surface area contributed by atoms with Gasteiger partial charge in [0.25, 0.3) is 5.91 Å². The summed E-state index contributed by atoms with van der Waals surface area (Å²) in [6.07, 6.45) is 3.34. The largest absolute Gasteiger partial charge is 0.497 e. The fraction of sp³-hybridized carbons (Fsp3) is 0.263. The van der Waals surface area contributed by atoms with Crippen molar-refractivity contribution in [2.24, 2.45) is 5.92 Å². The molecule has 0 fully saturated rings. The van der Waals surface area contributed by atoms with Crippen LogP contribution in [0.15, 0.2) is 48.8 Å². The Morgan fingerprint density at radius 2 is 1.85 bits per heavy atom. The number of rotatable bonds is 6. The standard InChI is InChI=1S/C19H21N5O2/c1-13(2)18(25)24-19(21-12-14-4-6-16(26-3)7-5-14)22-17(23-24)15-8-10-20-11-9-15/h4-11,13H,12H2,1-3H3,(H,21,22,23). The van der Waals surface area contributed by atoms with Crippen LogP contribution in [0.4, 0.5) is 5.95 Å². The van der Waals surface area contributed by atoms with Gasteiger partial charge in [-0.2, -0.15) is 9.67 Å². The zero-order valence-corrected chi connectivity index (χ0v) is 15.0. The molecule has 7 nitrogen and oxygen atoms in total. The van der Waals surface area contributed by atoms with Gasteiger partial charge in [0.1, 0.15) is 5.75 Å². The van der Waals surface area contributed by atoms with Gasteiger partial charge in [-0.3, -0.25) is 9.78 Å². The van der Waals surface area contributed by atoms with Crippen molar-refractivity contribution in [2.45, 2.75) is 20.4 Å². The highest BCUT2D eigenvalue weighted by Gasteiger charge is 2.19. The second-order valence-electron chi connectivity index (χ2n) is 6.10. The zero-order chi connectivity index (χ0) is 18.5. The molecule has 3 aromatic rings. The molecule has 2 heterocycles. The number of carbonyl (C=O) groups is 1. The van der Waals surface area contributed by atoms with E-state index in [1.807, 2.05) is 50.2 Å². The molecule has 0 unspecified atom stereocenters. The third-order valence-corrected chi connectivity index (χ3v) is 3.86. The zero-order valence-electron chi connectivity index (χ0n) is 15.0. The first-order valence-electron chi connectivity index (χ1n) is 8.37. The molecule has 0 aliphatic carbocycles. The van der Waals surface area contributed by atoms with Crippen molar-refractivity contribution in [2.75, 3.05) is 12.4 Å². The molecule has 134 valence electrons. The van der Waals surface area contributed by atoms with Gasteiger partial charge in [-0.25, -0.2) is 0 Å². The number of carbonyl (C=O) groups excluding carboxylic acids is 1. The second-order valence-corrected chi connectivity index (χ2v) is 6.10. The minimum atomic E-state index is -0.191. The summed E-state index contributed by atoms with van der Waals surface area (Å²) >= 11 is 0. The maximum absolute atomic E-state index is 12.5. The van der Waals surface area contributed by atoms with E-state index < -0.39 is 0 Å². The van der Waals surface area contributed by atoms with Gasteiger partial charge in [0.15, 0.2) is 5.82 Å². The molecule has 26 heavy (non-hydrogen) atoms. The topological polar surface area (TPSA) is 81.9 Å². The Morgan fingerprint density at radius 1 is 1.15 bits per heavy atom. The van der Waals surface area contributed by atoms with Gasteiger partial charge in [0, 0.05) is 30.4 Å². The molecule has 0 radical (unpaired) electrons. The Kier molecular flexibility index (Phi) is 5.26. The number of hydrogen-bond acceptors (Lipinski definition) is 6. The Labute approximate surface area is 152 Å². The molecule has 0 aliphatic heterocycles. The summed E-state index contributed by atoms with van der Waals surface area (Å²) < 4.78 is 6.50. The normalized spacial score (nSPS) is 10.8. The molecule has 1 N–H and O–H groups in total. The van der Waals surface area contributed by atoms with E-state index in [4.69, 9.17) is 4.74 Å². The maximum Gasteiger partial charge on any atom is 0.252 e. The van der Waals surface area contributed by atoms with Gasteiger partial charge in [0.05, 0.1) is 7.11 Å². The first kappa shape index (κ1) is 17.6. The summed E-state index contributed by atoms with van der Waals surface area (Å²) in [5, 5.41) is 7.59. The number of benzene rings is 1. The molecule has 0 aliphatic rings. The van der Waals surface area contributed by atoms with E-state index in [9.17, 15) is 4.79 Å². The summed E-state index contributed by atoms with van der Waals surface area (Å²) in [6, 6.07) is 11.3. The average molecular weight is 351 g/mol. The summed E-state index contributed by atoms with van der Waals surface area (Å²) in [5.74, 6) is 1.40. The highest BCUT2D eigenvalue weighted by molar-refractivity contribution is 5.83. The predicted molar refractivity (Wildman–Crippen MR) is 99.0 cm³/mol. The fourth-order valence-corrected chi connectivity index (χ4v) is 2.37. The second kappa shape index (κ2) is 7.77. The van der Waals surface area contributed by atoms with Crippen LogP contribution in [0.3, 0.4) is 0 Å². The van der Waals surface area contributed by atoms with Crippen LogP contribution < -0.4 is 10.1 Å². The van der Waals surface area contributed by atoms with Crippen LogP contribution in [0.25, 0.3) is 11.4 Å². The van der Waals surface area contributed by atoms with Crippen molar-refractivity contribution in [1.29, 1.82) is 0 Å². The Balaban J connectivity index is 1.86. The minimum absolute atomic E-state index is 0.116. The predicted octanol–water partition coefficient (Wildman–Crippen LogP) is 3.26. The molecule has 1 aromatic carbocycles. The van der Waals surface area contributed by atoms with Crippen molar-refractivity contribution < 1.29 is 9.53 Å². The van der Waals surface area contributed by atoms with Gasteiger partial charge in [-0.15, -0.1) is 5.10 Å². The van der Waals surface area contributed by atoms with E-state index >= 15 is 0 Å². The summed E-state index contributed by atoms with van der Waals surface area (Å²) in [4.78, 5) is 21.0. The Morgan fingerprint density at radius 3 is 2.46 bits per heavy atom. The molecule has 0 amide bonds. The van der Waals surface area contributed by atoms with E-state index in [2.05, 4.69) is 20.4 Å². The molecular formula is C19H21N5O2. The fourth-order valence-electron chi connectivity index (χ4n) is 2.37. The van der Waals surface area contributed by atoms with E-state index in [0.717, 1.165) is 16.9 Å². The van der Waals surface area contributed by atoms with Crippen LogP contribution in [0, 0.1) is 5.92 Å². The lowest BCUT2D eigenvalue weighted by molar-refractivity contribution is 0.0841. The highest BCUT2D eigenvalue weighted by Crippen LogP contribution is 2.19. The van der Waals surface area contributed by atoms with Crippen LogP contribution >= 0.6 is 0 Å². The molecule has 3 rings (SSSR count). The molecule has 2 aromatic heterocycles. The van der Waals surface area contributed by atoms with Crippen LogP contribution in [0.1, 0.15) is 24.2 Å². The lowest BCUT2D eigenvalue weighted by Gasteiger charge is -2.09. The van der Waals surface area contributed by atoms with Crippen LogP contribution in [-0.4, -0.2) is 32.8 Å². The minimum Gasteiger partial charge on any atom is -0.497 e. The van der Waals surface area contributed by atoms with E-state index in [1.54, 1.807) is 19.5 Å². The molecule has 0 saturated carbocycles. The molecular weight excluding hydrogens is 330 g/mol. The lowest BCUT2D eigenvalue weighted by Crippen LogP contribution is -2.21. The lowest BCUT2D eigenvalue weighted by atomic mass is 10.2. The van der Waals surface area contributed by atoms with E-state index in [1.165, 1.54) is 4.68 Å². The quantitative estimate of drug-likeness (QED) is 0.734. The molecule has 0 bridgehead atoms. The highest BCUT2D eigenvalue weighted by atomic mass is 16.5. The van der Waals surface area contributed by atoms with Crippen molar-refractivity contribution in [3.63, 3.8) is 0 Å². The Hall–Kier alpha value is -3.22. The maximum atomic E-state index is 12.5. The Bertz CT molecular complexity index is 873. The van der Waals surface area contributed by atoms with Crippen molar-refractivity contribution >= 4 is 11.9 Å². The number of anilines is 1. The number of nitrogens with zero attached hydrogens (tertiary/aromatic N) is 4. The smallest absolute Gasteiger partial charge is 0.252 e. The van der Waals surface area contributed by atoms with Gasteiger partial charge >= 0.3 is 0 Å². The van der Waals surface area contributed by atoms with Gasteiger partial charge in [-0.1, -0.05) is 26.0 Å². The molecule has 0 atom stereocenters. The number of ether oxygens (including phenoxy) is 1. The van der Waals surface area contributed by atoms with Crippen molar-refractivity contribution in [3.8, 4) is 17.1 Å². The molecule has 0 saturated heterocycles. The first-order valence-corrected chi connectivity index (χ1v) is 8.37.